The van der Waals surface area contributed by atoms with Gasteiger partial charge in [-0.2, -0.15) is 0 Å². The molecule has 1 aliphatic rings. The Labute approximate surface area is 98.1 Å². The molecule has 1 heterocycles. The summed E-state index contributed by atoms with van der Waals surface area (Å²) in [5.41, 5.74) is 0. The average molecular weight is 228 g/mol. The molecule has 16 heavy (non-hydrogen) atoms. The second-order valence-corrected chi connectivity index (χ2v) is 4.55. The number of rotatable bonds is 6. The van der Waals surface area contributed by atoms with E-state index in [2.05, 4.69) is 17.6 Å². The van der Waals surface area contributed by atoms with Crippen LogP contribution in [0.15, 0.2) is 0 Å². The number of hydrogen-bond donors (Lipinski definition) is 2. The quantitative estimate of drug-likeness (QED) is 0.714. The Morgan fingerprint density at radius 1 is 1.56 bits per heavy atom. The smallest absolute Gasteiger partial charge is 0.234 e. The van der Waals surface area contributed by atoms with E-state index in [0.717, 1.165) is 38.9 Å². The van der Waals surface area contributed by atoms with E-state index in [1.165, 1.54) is 0 Å². The van der Waals surface area contributed by atoms with Gasteiger partial charge < -0.3 is 15.4 Å². The number of carbonyl (C=O) groups excluding carboxylic acids is 1. The van der Waals surface area contributed by atoms with Gasteiger partial charge in [0.05, 0.1) is 13.2 Å². The van der Waals surface area contributed by atoms with Crippen LogP contribution in [0.4, 0.5) is 0 Å². The highest BCUT2D eigenvalue weighted by atomic mass is 16.5. The molecule has 0 aromatic rings. The summed E-state index contributed by atoms with van der Waals surface area (Å²) < 4.78 is 5.34. The van der Waals surface area contributed by atoms with Gasteiger partial charge in [0.2, 0.25) is 5.91 Å². The van der Waals surface area contributed by atoms with Crippen LogP contribution in [0.25, 0.3) is 0 Å². The standard InChI is InChI=1S/C12H24N2O2/c1-3-5-10(2)14-12(15)8-13-11-6-4-7-16-9-11/h10-11,13H,3-9H2,1-2H3,(H,14,15). The van der Waals surface area contributed by atoms with Crippen molar-refractivity contribution < 1.29 is 9.53 Å². The van der Waals surface area contributed by atoms with E-state index >= 15 is 0 Å². The molecule has 0 aromatic carbocycles. The lowest BCUT2D eigenvalue weighted by Crippen LogP contribution is -2.44. The fraction of sp³-hybridized carbons (Fsp3) is 0.917. The highest BCUT2D eigenvalue weighted by Crippen LogP contribution is 2.05. The van der Waals surface area contributed by atoms with Crippen LogP contribution in [-0.4, -0.2) is 37.7 Å². The Morgan fingerprint density at radius 3 is 3.00 bits per heavy atom. The molecule has 4 heteroatoms. The molecule has 0 saturated carbocycles. The van der Waals surface area contributed by atoms with Gasteiger partial charge in [-0.1, -0.05) is 13.3 Å². The molecule has 2 N–H and O–H groups in total. The molecule has 1 fully saturated rings. The third kappa shape index (κ3) is 5.47. The zero-order valence-electron chi connectivity index (χ0n) is 10.4. The zero-order chi connectivity index (χ0) is 11.8. The van der Waals surface area contributed by atoms with Gasteiger partial charge in [-0.3, -0.25) is 4.79 Å². The molecule has 1 aliphatic heterocycles. The summed E-state index contributed by atoms with van der Waals surface area (Å²) in [7, 11) is 0. The minimum absolute atomic E-state index is 0.0894. The number of carbonyl (C=O) groups is 1. The zero-order valence-corrected chi connectivity index (χ0v) is 10.4. The van der Waals surface area contributed by atoms with Crippen LogP contribution >= 0.6 is 0 Å². The van der Waals surface area contributed by atoms with Gasteiger partial charge in [-0.05, 0) is 26.2 Å². The first-order valence-electron chi connectivity index (χ1n) is 6.33. The number of nitrogens with one attached hydrogen (secondary N) is 2. The fourth-order valence-corrected chi connectivity index (χ4v) is 1.97. The molecular formula is C12H24N2O2. The fourth-order valence-electron chi connectivity index (χ4n) is 1.97. The molecule has 1 amide bonds. The largest absolute Gasteiger partial charge is 0.380 e. The first-order valence-corrected chi connectivity index (χ1v) is 6.33. The number of amides is 1. The Kier molecular flexibility index (Phi) is 6.42. The minimum Gasteiger partial charge on any atom is -0.380 e. The first kappa shape index (κ1) is 13.5. The molecule has 1 rings (SSSR count). The van der Waals surface area contributed by atoms with Crippen LogP contribution < -0.4 is 10.6 Å². The third-order valence-electron chi connectivity index (χ3n) is 2.84. The van der Waals surface area contributed by atoms with Crippen molar-refractivity contribution in [1.29, 1.82) is 0 Å². The van der Waals surface area contributed by atoms with Gasteiger partial charge >= 0.3 is 0 Å². The van der Waals surface area contributed by atoms with E-state index in [0.29, 0.717) is 12.6 Å². The SMILES string of the molecule is CCCC(C)NC(=O)CNC1CCCOC1. The van der Waals surface area contributed by atoms with Crippen LogP contribution in [0, 0.1) is 0 Å². The maximum Gasteiger partial charge on any atom is 0.234 e. The molecule has 0 radical (unpaired) electrons. The van der Waals surface area contributed by atoms with E-state index < -0.39 is 0 Å². The average Bonchev–Trinajstić information content (AvgIpc) is 2.28. The van der Waals surface area contributed by atoms with Gasteiger partial charge in [0.25, 0.3) is 0 Å². The Hall–Kier alpha value is -0.610. The highest BCUT2D eigenvalue weighted by Gasteiger charge is 2.14. The van der Waals surface area contributed by atoms with Gasteiger partial charge in [0, 0.05) is 18.7 Å². The minimum atomic E-state index is 0.0894. The van der Waals surface area contributed by atoms with E-state index in [1.54, 1.807) is 0 Å². The highest BCUT2D eigenvalue weighted by molar-refractivity contribution is 5.78. The topological polar surface area (TPSA) is 50.4 Å². The van der Waals surface area contributed by atoms with Gasteiger partial charge in [-0.25, -0.2) is 0 Å². The monoisotopic (exact) mass is 228 g/mol. The maximum absolute atomic E-state index is 11.6. The van der Waals surface area contributed by atoms with Crippen LogP contribution in [0.5, 0.6) is 0 Å². The number of hydrogen-bond acceptors (Lipinski definition) is 3. The lowest BCUT2D eigenvalue weighted by molar-refractivity contribution is -0.121. The van der Waals surface area contributed by atoms with Gasteiger partial charge in [0.1, 0.15) is 0 Å². The molecule has 1 saturated heterocycles. The third-order valence-corrected chi connectivity index (χ3v) is 2.84. The summed E-state index contributed by atoms with van der Waals surface area (Å²) in [5.74, 6) is 0.0894. The van der Waals surface area contributed by atoms with Crippen molar-refractivity contribution in [3.8, 4) is 0 Å². The van der Waals surface area contributed by atoms with Crippen LogP contribution in [-0.2, 0) is 9.53 Å². The molecule has 0 aromatic heterocycles. The normalized spacial score (nSPS) is 22.8. The van der Waals surface area contributed by atoms with Crippen molar-refractivity contribution in [2.75, 3.05) is 19.8 Å². The summed E-state index contributed by atoms with van der Waals surface area (Å²) in [5, 5.41) is 6.21. The summed E-state index contributed by atoms with van der Waals surface area (Å²) >= 11 is 0. The maximum atomic E-state index is 11.6. The predicted octanol–water partition coefficient (Wildman–Crippen LogP) is 1.06. The molecule has 0 spiro atoms. The molecule has 94 valence electrons. The summed E-state index contributed by atoms with van der Waals surface area (Å²) in [6, 6.07) is 0.628. The molecule has 0 bridgehead atoms. The van der Waals surface area contributed by atoms with E-state index in [4.69, 9.17) is 4.74 Å². The summed E-state index contributed by atoms with van der Waals surface area (Å²) in [6.07, 6.45) is 4.34. The van der Waals surface area contributed by atoms with Crippen LogP contribution in [0.2, 0.25) is 0 Å². The van der Waals surface area contributed by atoms with E-state index in [1.807, 2.05) is 6.92 Å². The van der Waals surface area contributed by atoms with Crippen molar-refractivity contribution in [1.82, 2.24) is 10.6 Å². The second kappa shape index (κ2) is 7.63. The van der Waals surface area contributed by atoms with E-state index in [-0.39, 0.29) is 11.9 Å². The Morgan fingerprint density at radius 2 is 2.38 bits per heavy atom. The summed E-state index contributed by atoms with van der Waals surface area (Å²) in [4.78, 5) is 11.6. The first-order chi connectivity index (χ1) is 7.72. The summed E-state index contributed by atoms with van der Waals surface area (Å²) in [6.45, 7) is 6.17. The number of ether oxygens (including phenoxy) is 1. The Bertz CT molecular complexity index is 203. The van der Waals surface area contributed by atoms with Crippen molar-refractivity contribution in [2.45, 2.75) is 51.6 Å². The van der Waals surface area contributed by atoms with Crippen molar-refractivity contribution >= 4 is 5.91 Å². The molecule has 2 atom stereocenters. The molecule has 0 aliphatic carbocycles. The van der Waals surface area contributed by atoms with Crippen molar-refractivity contribution in [3.05, 3.63) is 0 Å². The van der Waals surface area contributed by atoms with E-state index in [9.17, 15) is 4.79 Å². The lowest BCUT2D eigenvalue weighted by Gasteiger charge is -2.23. The van der Waals surface area contributed by atoms with Gasteiger partial charge in [0.15, 0.2) is 0 Å². The van der Waals surface area contributed by atoms with Gasteiger partial charge in [-0.15, -0.1) is 0 Å². The Balaban J connectivity index is 2.09. The van der Waals surface area contributed by atoms with Crippen molar-refractivity contribution in [3.63, 3.8) is 0 Å². The molecule has 4 nitrogen and oxygen atoms in total. The molecular weight excluding hydrogens is 204 g/mol. The second-order valence-electron chi connectivity index (χ2n) is 4.55. The van der Waals surface area contributed by atoms with Crippen molar-refractivity contribution in [2.24, 2.45) is 0 Å². The van der Waals surface area contributed by atoms with Crippen LogP contribution in [0.1, 0.15) is 39.5 Å². The lowest BCUT2D eigenvalue weighted by atomic mass is 10.1. The predicted molar refractivity (Wildman–Crippen MR) is 64.4 cm³/mol. The molecule has 2 unspecified atom stereocenters. The van der Waals surface area contributed by atoms with Crippen LogP contribution in [0.3, 0.4) is 0 Å².